The van der Waals surface area contributed by atoms with Gasteiger partial charge in [-0.2, -0.15) is 0 Å². The minimum Gasteiger partial charge on any atom is -0.496 e. The zero-order valence-electron chi connectivity index (χ0n) is 13.0. The zero-order valence-corrected chi connectivity index (χ0v) is 13.0. The molecule has 0 radical (unpaired) electrons. The molecule has 0 saturated heterocycles. The van der Waals surface area contributed by atoms with Crippen LogP contribution in [0.1, 0.15) is 52.0 Å². The predicted molar refractivity (Wildman–Crippen MR) is 83.8 cm³/mol. The van der Waals surface area contributed by atoms with Crippen molar-refractivity contribution in [3.05, 3.63) is 23.8 Å². The fourth-order valence-corrected chi connectivity index (χ4v) is 1.84. The smallest absolute Gasteiger partial charge is 0.123 e. The van der Waals surface area contributed by atoms with Gasteiger partial charge in [0, 0.05) is 11.3 Å². The largest absolute Gasteiger partial charge is 0.496 e. The van der Waals surface area contributed by atoms with Gasteiger partial charge in [-0.3, -0.25) is 4.99 Å². The van der Waals surface area contributed by atoms with E-state index >= 15 is 0 Å². The molecule has 0 spiro atoms. The average Bonchev–Trinajstić information content (AvgIpc) is 2.39. The molecule has 0 heterocycles. The van der Waals surface area contributed by atoms with Crippen LogP contribution in [0.15, 0.2) is 23.2 Å². The Bertz CT molecular complexity index is 419. The van der Waals surface area contributed by atoms with Gasteiger partial charge in [0.15, 0.2) is 0 Å². The summed E-state index contributed by atoms with van der Waals surface area (Å²) in [5, 5.41) is 0. The first-order valence-electron chi connectivity index (χ1n) is 7.26. The maximum Gasteiger partial charge on any atom is 0.123 e. The van der Waals surface area contributed by atoms with Gasteiger partial charge in [0.1, 0.15) is 5.75 Å². The molecule has 2 rings (SSSR count). The second kappa shape index (κ2) is 7.98. The maximum atomic E-state index is 5.23. The van der Waals surface area contributed by atoms with Crippen LogP contribution < -0.4 is 4.74 Å². The molecule has 1 aromatic carbocycles. The predicted octanol–water partition coefficient (Wildman–Crippen LogP) is 5.31. The summed E-state index contributed by atoms with van der Waals surface area (Å²) in [6, 6.07) is 5.93. The first-order valence-corrected chi connectivity index (χ1v) is 7.26. The minimum atomic E-state index is 0.898. The number of hydrogen-bond acceptors (Lipinski definition) is 2. The Morgan fingerprint density at radius 1 is 1.37 bits per heavy atom. The van der Waals surface area contributed by atoms with Crippen LogP contribution in [0.5, 0.6) is 5.75 Å². The fraction of sp³-hybridized carbons (Fsp3) is 0.588. The van der Waals surface area contributed by atoms with E-state index in [0.29, 0.717) is 0 Å². The summed E-state index contributed by atoms with van der Waals surface area (Å²) in [7, 11) is 1.68. The minimum absolute atomic E-state index is 0.898. The first-order chi connectivity index (χ1) is 9.08. The van der Waals surface area contributed by atoms with Crippen LogP contribution >= 0.6 is 0 Å². The molecule has 2 heteroatoms. The number of benzene rings is 1. The van der Waals surface area contributed by atoms with Crippen molar-refractivity contribution in [1.29, 1.82) is 0 Å². The van der Waals surface area contributed by atoms with Crippen LogP contribution in [0.25, 0.3) is 0 Å². The van der Waals surface area contributed by atoms with Gasteiger partial charge < -0.3 is 4.74 Å². The van der Waals surface area contributed by atoms with Crippen LogP contribution in [0.2, 0.25) is 0 Å². The van der Waals surface area contributed by atoms with Crippen molar-refractivity contribution in [3.63, 3.8) is 0 Å². The number of methoxy groups -OCH3 is 1. The normalized spacial score (nSPS) is 15.3. The Balaban J connectivity index is 0.000000300. The van der Waals surface area contributed by atoms with Gasteiger partial charge >= 0.3 is 0 Å². The van der Waals surface area contributed by atoms with Gasteiger partial charge in [0.2, 0.25) is 0 Å². The third kappa shape index (κ3) is 5.06. The second-order valence-electron chi connectivity index (χ2n) is 5.34. The van der Waals surface area contributed by atoms with E-state index in [-0.39, 0.29) is 0 Å². The Morgan fingerprint density at radius 2 is 2.00 bits per heavy atom. The summed E-state index contributed by atoms with van der Waals surface area (Å²) < 4.78 is 5.23. The maximum absolute atomic E-state index is 5.23. The fourth-order valence-electron chi connectivity index (χ4n) is 1.84. The monoisotopic (exact) mass is 261 g/mol. The highest BCUT2D eigenvalue weighted by Crippen LogP contribution is 2.27. The molecule has 0 aromatic heterocycles. The number of ether oxygens (including phenoxy) is 1. The molecule has 0 unspecified atom stereocenters. The lowest BCUT2D eigenvalue weighted by atomic mass is 9.88. The molecule has 0 bridgehead atoms. The van der Waals surface area contributed by atoms with E-state index in [9.17, 15) is 0 Å². The summed E-state index contributed by atoms with van der Waals surface area (Å²) in [5.41, 5.74) is 3.24. The average molecular weight is 261 g/mol. The molecule has 0 N–H and O–H groups in total. The van der Waals surface area contributed by atoms with Crippen LogP contribution in [-0.4, -0.2) is 12.8 Å². The molecular formula is C17H27NO. The van der Waals surface area contributed by atoms with Crippen molar-refractivity contribution in [2.24, 2.45) is 10.9 Å². The third-order valence-corrected chi connectivity index (χ3v) is 3.69. The summed E-state index contributed by atoms with van der Waals surface area (Å²) >= 11 is 0. The highest BCUT2D eigenvalue weighted by atomic mass is 16.5. The Hall–Kier alpha value is -1.31. The van der Waals surface area contributed by atoms with E-state index in [1.807, 2.05) is 32.0 Å². The summed E-state index contributed by atoms with van der Waals surface area (Å²) in [6.45, 7) is 8.48. The SMILES string of the molecule is CC1CCC1.CCC(C)=Nc1cccc(OC)c1C. The van der Waals surface area contributed by atoms with Crippen molar-refractivity contribution in [2.45, 2.75) is 53.4 Å². The number of aliphatic imine (C=N–C) groups is 1. The lowest BCUT2D eigenvalue weighted by Crippen LogP contribution is -2.04. The zero-order chi connectivity index (χ0) is 14.3. The topological polar surface area (TPSA) is 21.6 Å². The molecule has 106 valence electrons. The van der Waals surface area contributed by atoms with Crippen molar-refractivity contribution in [1.82, 2.24) is 0 Å². The molecule has 19 heavy (non-hydrogen) atoms. The van der Waals surface area contributed by atoms with Crippen molar-refractivity contribution in [3.8, 4) is 5.75 Å². The van der Waals surface area contributed by atoms with Gasteiger partial charge in [0.05, 0.1) is 12.8 Å². The third-order valence-electron chi connectivity index (χ3n) is 3.69. The standard InChI is InChI=1S/C12H17NO.C5H10/c1-5-9(2)13-11-7-6-8-12(14-4)10(11)3;1-5-3-2-4-5/h6-8H,5H2,1-4H3;5H,2-4H2,1H3. The molecule has 1 aromatic rings. The Labute approximate surface area is 117 Å². The van der Waals surface area contributed by atoms with Crippen LogP contribution in [0, 0.1) is 12.8 Å². The summed E-state index contributed by atoms with van der Waals surface area (Å²) in [4.78, 5) is 4.52. The molecule has 1 aliphatic carbocycles. The van der Waals surface area contributed by atoms with Gasteiger partial charge in [-0.25, -0.2) is 0 Å². The number of nitrogens with zero attached hydrogens (tertiary/aromatic N) is 1. The molecule has 0 amide bonds. The van der Waals surface area contributed by atoms with E-state index < -0.39 is 0 Å². The Kier molecular flexibility index (Phi) is 6.61. The number of hydrogen-bond donors (Lipinski definition) is 0. The second-order valence-corrected chi connectivity index (χ2v) is 5.34. The summed E-state index contributed by atoms with van der Waals surface area (Å²) in [5.74, 6) is 1.96. The first kappa shape index (κ1) is 15.7. The van der Waals surface area contributed by atoms with Crippen LogP contribution in [0.4, 0.5) is 5.69 Å². The van der Waals surface area contributed by atoms with Gasteiger partial charge in [-0.15, -0.1) is 0 Å². The van der Waals surface area contributed by atoms with E-state index in [0.717, 1.165) is 35.1 Å². The molecule has 1 saturated carbocycles. The van der Waals surface area contributed by atoms with Crippen molar-refractivity contribution < 1.29 is 4.74 Å². The van der Waals surface area contributed by atoms with Crippen molar-refractivity contribution in [2.75, 3.05) is 7.11 Å². The van der Waals surface area contributed by atoms with E-state index in [1.54, 1.807) is 7.11 Å². The van der Waals surface area contributed by atoms with Gasteiger partial charge in [0.25, 0.3) is 0 Å². The van der Waals surface area contributed by atoms with Crippen LogP contribution in [0.3, 0.4) is 0 Å². The summed E-state index contributed by atoms with van der Waals surface area (Å²) in [6.07, 6.45) is 5.44. The highest BCUT2D eigenvalue weighted by molar-refractivity contribution is 5.84. The quantitative estimate of drug-likeness (QED) is 0.675. The van der Waals surface area contributed by atoms with E-state index in [1.165, 1.54) is 19.3 Å². The molecular weight excluding hydrogens is 234 g/mol. The van der Waals surface area contributed by atoms with E-state index in [4.69, 9.17) is 4.74 Å². The van der Waals surface area contributed by atoms with Crippen molar-refractivity contribution >= 4 is 11.4 Å². The lowest BCUT2D eigenvalue weighted by Gasteiger charge is -2.18. The number of rotatable bonds is 3. The van der Waals surface area contributed by atoms with Gasteiger partial charge in [-0.1, -0.05) is 39.2 Å². The molecule has 0 atom stereocenters. The van der Waals surface area contributed by atoms with E-state index in [2.05, 4.69) is 18.8 Å². The molecule has 1 aliphatic rings. The Morgan fingerprint density at radius 3 is 2.42 bits per heavy atom. The molecule has 1 fully saturated rings. The molecule has 0 aliphatic heterocycles. The molecule has 2 nitrogen and oxygen atoms in total. The van der Waals surface area contributed by atoms with Gasteiger partial charge in [-0.05, 0) is 38.3 Å². The lowest BCUT2D eigenvalue weighted by molar-refractivity contribution is 0.346. The highest BCUT2D eigenvalue weighted by Gasteiger charge is 2.09. The van der Waals surface area contributed by atoms with Crippen LogP contribution in [-0.2, 0) is 0 Å².